The van der Waals surface area contributed by atoms with Crippen molar-refractivity contribution in [3.05, 3.63) is 17.8 Å². The van der Waals surface area contributed by atoms with Gasteiger partial charge in [-0.3, -0.25) is 0 Å². The third kappa shape index (κ3) is 4.77. The summed E-state index contributed by atoms with van der Waals surface area (Å²) in [6.07, 6.45) is 5.79. The predicted molar refractivity (Wildman–Crippen MR) is 61.0 cm³/mol. The van der Waals surface area contributed by atoms with E-state index in [9.17, 15) is 0 Å². The summed E-state index contributed by atoms with van der Waals surface area (Å²) in [6, 6.07) is 3.86. The lowest BCUT2D eigenvalue weighted by atomic mass is 10.2. The number of hydrogen-bond donors (Lipinski definition) is 0. The maximum Gasteiger partial charge on any atom is 0.233 e. The molecule has 0 amide bonds. The second-order valence-electron chi connectivity index (χ2n) is 3.63. The molecule has 0 saturated carbocycles. The molecule has 0 spiro atoms. The van der Waals surface area contributed by atoms with Crippen molar-refractivity contribution in [1.29, 1.82) is 0 Å². The van der Waals surface area contributed by atoms with E-state index in [2.05, 4.69) is 24.0 Å². The second kappa shape index (κ2) is 7.21. The third-order valence-electron chi connectivity index (χ3n) is 2.31. The van der Waals surface area contributed by atoms with Gasteiger partial charge in [-0.15, -0.1) is 5.10 Å². The zero-order valence-corrected chi connectivity index (χ0v) is 9.70. The molecule has 15 heavy (non-hydrogen) atoms. The number of ether oxygens (including phenoxy) is 1. The standard InChI is InChI=1S/C12H20N2O/c1-3-5-6-7-10-15-12-9-8-11(4-2)13-14-12/h8-9H,3-7,10H2,1-2H3. The number of hydrogen-bond acceptors (Lipinski definition) is 3. The van der Waals surface area contributed by atoms with E-state index in [1.807, 2.05) is 12.1 Å². The quantitative estimate of drug-likeness (QED) is 0.646. The molecular formula is C12H20N2O. The normalized spacial score (nSPS) is 10.3. The Kier molecular flexibility index (Phi) is 5.74. The van der Waals surface area contributed by atoms with Crippen molar-refractivity contribution < 1.29 is 4.74 Å². The number of rotatable bonds is 7. The lowest BCUT2D eigenvalue weighted by molar-refractivity contribution is 0.290. The van der Waals surface area contributed by atoms with Crippen LogP contribution >= 0.6 is 0 Å². The minimum Gasteiger partial charge on any atom is -0.477 e. The first kappa shape index (κ1) is 12.0. The summed E-state index contributed by atoms with van der Waals surface area (Å²) in [6.45, 7) is 5.02. The molecule has 0 bridgehead atoms. The SMILES string of the molecule is CCCCCCOc1ccc(CC)nn1. The van der Waals surface area contributed by atoms with E-state index in [0.717, 1.165) is 25.1 Å². The van der Waals surface area contributed by atoms with Gasteiger partial charge in [-0.1, -0.05) is 33.1 Å². The molecule has 0 unspecified atom stereocenters. The summed E-state index contributed by atoms with van der Waals surface area (Å²) in [5.41, 5.74) is 1.01. The number of unbranched alkanes of at least 4 members (excludes halogenated alkanes) is 3. The summed E-state index contributed by atoms with van der Waals surface area (Å²) in [4.78, 5) is 0. The number of aromatic nitrogens is 2. The molecule has 1 aromatic rings. The van der Waals surface area contributed by atoms with Crippen molar-refractivity contribution in [2.75, 3.05) is 6.61 Å². The van der Waals surface area contributed by atoms with Crippen LogP contribution in [0, 0.1) is 0 Å². The highest BCUT2D eigenvalue weighted by molar-refractivity contribution is 5.11. The zero-order valence-electron chi connectivity index (χ0n) is 9.70. The van der Waals surface area contributed by atoms with Crippen LogP contribution in [0.15, 0.2) is 12.1 Å². The monoisotopic (exact) mass is 208 g/mol. The van der Waals surface area contributed by atoms with Gasteiger partial charge in [0.1, 0.15) is 0 Å². The Morgan fingerprint density at radius 1 is 1.07 bits per heavy atom. The fourth-order valence-electron chi connectivity index (χ4n) is 1.32. The first-order valence-corrected chi connectivity index (χ1v) is 5.82. The van der Waals surface area contributed by atoms with Crippen molar-refractivity contribution in [3.63, 3.8) is 0 Å². The molecule has 3 heteroatoms. The van der Waals surface area contributed by atoms with Crippen LogP contribution in [-0.4, -0.2) is 16.8 Å². The lowest BCUT2D eigenvalue weighted by Crippen LogP contribution is -2.01. The maximum atomic E-state index is 5.48. The van der Waals surface area contributed by atoms with Crippen molar-refractivity contribution in [2.24, 2.45) is 0 Å². The summed E-state index contributed by atoms with van der Waals surface area (Å²) in [5.74, 6) is 0.642. The van der Waals surface area contributed by atoms with Gasteiger partial charge in [0.05, 0.1) is 12.3 Å². The smallest absolute Gasteiger partial charge is 0.233 e. The molecule has 0 aliphatic carbocycles. The number of aryl methyl sites for hydroxylation is 1. The average molecular weight is 208 g/mol. The molecule has 0 atom stereocenters. The third-order valence-corrected chi connectivity index (χ3v) is 2.31. The second-order valence-corrected chi connectivity index (χ2v) is 3.63. The van der Waals surface area contributed by atoms with Gasteiger partial charge in [-0.05, 0) is 18.9 Å². The van der Waals surface area contributed by atoms with E-state index < -0.39 is 0 Å². The summed E-state index contributed by atoms with van der Waals surface area (Å²) < 4.78 is 5.48. The maximum absolute atomic E-state index is 5.48. The molecule has 0 fully saturated rings. The van der Waals surface area contributed by atoms with Crippen LogP contribution in [0.1, 0.15) is 45.2 Å². The first-order valence-electron chi connectivity index (χ1n) is 5.82. The van der Waals surface area contributed by atoms with E-state index in [-0.39, 0.29) is 0 Å². The Hall–Kier alpha value is -1.12. The minimum atomic E-state index is 0.642. The molecule has 0 aliphatic heterocycles. The summed E-state index contributed by atoms with van der Waals surface area (Å²) in [7, 11) is 0. The first-order chi connectivity index (χ1) is 7.36. The summed E-state index contributed by atoms with van der Waals surface area (Å²) in [5, 5.41) is 8.03. The topological polar surface area (TPSA) is 35.0 Å². The van der Waals surface area contributed by atoms with Gasteiger partial charge in [0.25, 0.3) is 0 Å². The van der Waals surface area contributed by atoms with Crippen LogP contribution in [0.5, 0.6) is 5.88 Å². The average Bonchev–Trinajstić information content (AvgIpc) is 2.30. The Labute approximate surface area is 91.9 Å². The Morgan fingerprint density at radius 3 is 2.53 bits per heavy atom. The van der Waals surface area contributed by atoms with Gasteiger partial charge in [-0.2, -0.15) is 5.10 Å². The molecule has 84 valence electrons. The summed E-state index contributed by atoms with van der Waals surface area (Å²) >= 11 is 0. The fourth-order valence-corrected chi connectivity index (χ4v) is 1.32. The highest BCUT2D eigenvalue weighted by Crippen LogP contribution is 2.06. The molecule has 0 N–H and O–H groups in total. The van der Waals surface area contributed by atoms with Gasteiger partial charge in [0.15, 0.2) is 0 Å². The van der Waals surface area contributed by atoms with Crippen LogP contribution in [-0.2, 0) is 6.42 Å². The van der Waals surface area contributed by atoms with Crippen LogP contribution in [0.4, 0.5) is 0 Å². The van der Waals surface area contributed by atoms with E-state index in [1.165, 1.54) is 19.3 Å². The lowest BCUT2D eigenvalue weighted by Gasteiger charge is -2.04. The molecule has 1 aromatic heterocycles. The highest BCUT2D eigenvalue weighted by Gasteiger charge is 1.96. The van der Waals surface area contributed by atoms with Gasteiger partial charge in [-0.25, -0.2) is 0 Å². The molecule has 0 aliphatic rings. The molecule has 1 rings (SSSR count). The zero-order chi connectivity index (χ0) is 10.9. The van der Waals surface area contributed by atoms with Crippen molar-refractivity contribution in [2.45, 2.75) is 46.0 Å². The Balaban J connectivity index is 2.20. The number of nitrogens with zero attached hydrogens (tertiary/aromatic N) is 2. The molecule has 3 nitrogen and oxygen atoms in total. The van der Waals surface area contributed by atoms with E-state index in [1.54, 1.807) is 0 Å². The van der Waals surface area contributed by atoms with Crippen molar-refractivity contribution in [3.8, 4) is 5.88 Å². The minimum absolute atomic E-state index is 0.642. The van der Waals surface area contributed by atoms with Gasteiger partial charge in [0, 0.05) is 6.07 Å². The van der Waals surface area contributed by atoms with Crippen LogP contribution in [0.25, 0.3) is 0 Å². The Bertz CT molecular complexity index is 259. The predicted octanol–water partition coefficient (Wildman–Crippen LogP) is 3.00. The Morgan fingerprint density at radius 2 is 1.93 bits per heavy atom. The van der Waals surface area contributed by atoms with Gasteiger partial charge in [0.2, 0.25) is 5.88 Å². The van der Waals surface area contributed by atoms with Crippen molar-refractivity contribution in [1.82, 2.24) is 10.2 Å². The van der Waals surface area contributed by atoms with Gasteiger partial charge >= 0.3 is 0 Å². The fraction of sp³-hybridized carbons (Fsp3) is 0.667. The molecule has 0 radical (unpaired) electrons. The molecular weight excluding hydrogens is 188 g/mol. The van der Waals surface area contributed by atoms with Crippen LogP contribution in [0.3, 0.4) is 0 Å². The van der Waals surface area contributed by atoms with E-state index >= 15 is 0 Å². The highest BCUT2D eigenvalue weighted by atomic mass is 16.5. The van der Waals surface area contributed by atoms with E-state index in [0.29, 0.717) is 5.88 Å². The van der Waals surface area contributed by atoms with Gasteiger partial charge < -0.3 is 4.74 Å². The van der Waals surface area contributed by atoms with Crippen LogP contribution < -0.4 is 4.74 Å². The van der Waals surface area contributed by atoms with Crippen molar-refractivity contribution >= 4 is 0 Å². The molecule has 0 saturated heterocycles. The largest absolute Gasteiger partial charge is 0.477 e. The van der Waals surface area contributed by atoms with Crippen LogP contribution in [0.2, 0.25) is 0 Å². The molecule has 0 aromatic carbocycles. The molecule has 1 heterocycles. The van der Waals surface area contributed by atoms with E-state index in [4.69, 9.17) is 4.74 Å².